The summed E-state index contributed by atoms with van der Waals surface area (Å²) < 4.78 is 51.9. The summed E-state index contributed by atoms with van der Waals surface area (Å²) in [5, 5.41) is 12.1. The van der Waals surface area contributed by atoms with Gasteiger partial charge in [-0.05, 0) is 25.0 Å². The SMILES string of the molecule is OCCN(CC(F)(F)F)c1cccc(F)c1CNC1CC1. The van der Waals surface area contributed by atoms with Crippen molar-refractivity contribution in [3.8, 4) is 0 Å². The molecule has 1 aromatic carbocycles. The Hall–Kier alpha value is -1.34. The predicted molar refractivity (Wildman–Crippen MR) is 71.6 cm³/mol. The molecule has 0 aromatic heterocycles. The van der Waals surface area contributed by atoms with Crippen LogP contribution in [0.2, 0.25) is 0 Å². The second-order valence-corrected chi connectivity index (χ2v) is 5.15. The second kappa shape index (κ2) is 6.62. The summed E-state index contributed by atoms with van der Waals surface area (Å²) in [6.07, 6.45) is -2.40. The number of nitrogens with zero attached hydrogens (tertiary/aromatic N) is 1. The molecule has 1 aromatic rings. The standard InChI is InChI=1S/C14H18F4N2O/c15-12-2-1-3-13(11(12)8-19-10-4-5-10)20(6-7-21)9-14(16,17)18/h1-3,10,19,21H,4-9H2. The first kappa shape index (κ1) is 16.0. The van der Waals surface area contributed by atoms with Gasteiger partial charge >= 0.3 is 6.18 Å². The van der Waals surface area contributed by atoms with E-state index in [1.807, 2.05) is 0 Å². The van der Waals surface area contributed by atoms with E-state index >= 15 is 0 Å². The molecule has 0 saturated heterocycles. The Labute approximate surface area is 120 Å². The van der Waals surface area contributed by atoms with Gasteiger partial charge in [-0.25, -0.2) is 4.39 Å². The van der Waals surface area contributed by atoms with E-state index in [2.05, 4.69) is 5.32 Å². The molecule has 3 nitrogen and oxygen atoms in total. The van der Waals surface area contributed by atoms with Crippen LogP contribution in [0.4, 0.5) is 23.2 Å². The number of hydrogen-bond acceptors (Lipinski definition) is 3. The van der Waals surface area contributed by atoms with Crippen LogP contribution in [0, 0.1) is 5.82 Å². The average molecular weight is 306 g/mol. The van der Waals surface area contributed by atoms with E-state index in [1.165, 1.54) is 18.2 Å². The van der Waals surface area contributed by atoms with E-state index in [4.69, 9.17) is 5.11 Å². The summed E-state index contributed by atoms with van der Waals surface area (Å²) >= 11 is 0. The Kier molecular flexibility index (Phi) is 5.05. The van der Waals surface area contributed by atoms with Crippen LogP contribution in [-0.2, 0) is 6.54 Å². The van der Waals surface area contributed by atoms with Gasteiger partial charge in [0, 0.05) is 30.4 Å². The van der Waals surface area contributed by atoms with Gasteiger partial charge in [0.2, 0.25) is 0 Å². The number of halogens is 4. The largest absolute Gasteiger partial charge is 0.405 e. The van der Waals surface area contributed by atoms with Gasteiger partial charge in [-0.15, -0.1) is 0 Å². The number of alkyl halides is 3. The van der Waals surface area contributed by atoms with Gasteiger partial charge in [0.05, 0.1) is 6.61 Å². The number of anilines is 1. The first-order valence-corrected chi connectivity index (χ1v) is 6.84. The lowest BCUT2D eigenvalue weighted by Crippen LogP contribution is -2.37. The molecule has 0 heterocycles. The molecule has 0 atom stereocenters. The predicted octanol–water partition coefficient (Wildman–Crippen LogP) is 2.44. The smallest absolute Gasteiger partial charge is 0.395 e. The van der Waals surface area contributed by atoms with Gasteiger partial charge in [0.15, 0.2) is 0 Å². The second-order valence-electron chi connectivity index (χ2n) is 5.15. The van der Waals surface area contributed by atoms with Crippen LogP contribution in [0.5, 0.6) is 0 Å². The molecule has 0 amide bonds. The average Bonchev–Trinajstić information content (AvgIpc) is 3.19. The Morgan fingerprint density at radius 1 is 1.29 bits per heavy atom. The highest BCUT2D eigenvalue weighted by molar-refractivity contribution is 5.54. The lowest BCUT2D eigenvalue weighted by Gasteiger charge is -2.27. The van der Waals surface area contributed by atoms with E-state index in [9.17, 15) is 17.6 Å². The quantitative estimate of drug-likeness (QED) is 0.760. The maximum absolute atomic E-state index is 13.9. The number of benzene rings is 1. The molecular weight excluding hydrogens is 288 g/mol. The third-order valence-electron chi connectivity index (χ3n) is 3.32. The monoisotopic (exact) mass is 306 g/mol. The zero-order valence-corrected chi connectivity index (χ0v) is 11.5. The van der Waals surface area contributed by atoms with Crippen LogP contribution in [0.1, 0.15) is 18.4 Å². The summed E-state index contributed by atoms with van der Waals surface area (Å²) in [6.45, 7) is -1.65. The van der Waals surface area contributed by atoms with Crippen molar-refractivity contribution in [1.82, 2.24) is 5.32 Å². The molecule has 2 rings (SSSR count). The Balaban J connectivity index is 2.22. The van der Waals surface area contributed by atoms with Crippen molar-refractivity contribution < 1.29 is 22.7 Å². The fourth-order valence-corrected chi connectivity index (χ4v) is 2.17. The maximum atomic E-state index is 13.9. The van der Waals surface area contributed by atoms with E-state index in [0.29, 0.717) is 6.04 Å². The zero-order valence-electron chi connectivity index (χ0n) is 11.5. The molecule has 21 heavy (non-hydrogen) atoms. The molecule has 1 aliphatic rings. The van der Waals surface area contributed by atoms with Gasteiger partial charge in [-0.2, -0.15) is 13.2 Å². The zero-order chi connectivity index (χ0) is 15.5. The molecule has 118 valence electrons. The van der Waals surface area contributed by atoms with Crippen LogP contribution < -0.4 is 10.2 Å². The van der Waals surface area contributed by atoms with Crippen LogP contribution in [0.15, 0.2) is 18.2 Å². The molecule has 1 aliphatic carbocycles. The highest BCUT2D eigenvalue weighted by Crippen LogP contribution is 2.28. The van der Waals surface area contributed by atoms with Crippen molar-refractivity contribution in [2.24, 2.45) is 0 Å². The fourth-order valence-electron chi connectivity index (χ4n) is 2.17. The van der Waals surface area contributed by atoms with Crippen molar-refractivity contribution in [3.63, 3.8) is 0 Å². The van der Waals surface area contributed by atoms with E-state index < -0.39 is 25.1 Å². The highest BCUT2D eigenvalue weighted by atomic mass is 19.4. The molecular formula is C14H18F4N2O. The van der Waals surface area contributed by atoms with Crippen molar-refractivity contribution in [2.75, 3.05) is 24.6 Å². The normalized spacial score (nSPS) is 15.3. The van der Waals surface area contributed by atoms with Gasteiger partial charge in [0.1, 0.15) is 12.4 Å². The molecule has 2 N–H and O–H groups in total. The number of aliphatic hydroxyl groups is 1. The minimum atomic E-state index is -4.41. The molecule has 0 aliphatic heterocycles. The number of aliphatic hydroxyl groups excluding tert-OH is 1. The third-order valence-corrected chi connectivity index (χ3v) is 3.32. The number of nitrogens with one attached hydrogen (secondary N) is 1. The van der Waals surface area contributed by atoms with Crippen LogP contribution in [0.25, 0.3) is 0 Å². The first-order chi connectivity index (χ1) is 9.90. The number of hydrogen-bond donors (Lipinski definition) is 2. The Morgan fingerprint density at radius 2 is 2.00 bits per heavy atom. The summed E-state index contributed by atoms with van der Waals surface area (Å²) in [4.78, 5) is 0.965. The summed E-state index contributed by atoms with van der Waals surface area (Å²) in [6, 6.07) is 4.39. The molecule has 1 saturated carbocycles. The topological polar surface area (TPSA) is 35.5 Å². The molecule has 0 radical (unpaired) electrons. The third kappa shape index (κ3) is 4.86. The van der Waals surface area contributed by atoms with Crippen molar-refractivity contribution in [3.05, 3.63) is 29.6 Å². The van der Waals surface area contributed by atoms with Gasteiger partial charge in [-0.1, -0.05) is 6.07 Å². The van der Waals surface area contributed by atoms with Gasteiger partial charge in [0.25, 0.3) is 0 Å². The van der Waals surface area contributed by atoms with Crippen molar-refractivity contribution in [2.45, 2.75) is 31.6 Å². The molecule has 7 heteroatoms. The Bertz CT molecular complexity index is 475. The van der Waals surface area contributed by atoms with Crippen molar-refractivity contribution in [1.29, 1.82) is 0 Å². The molecule has 0 spiro atoms. The lowest BCUT2D eigenvalue weighted by atomic mass is 10.1. The first-order valence-electron chi connectivity index (χ1n) is 6.84. The van der Waals surface area contributed by atoms with Crippen LogP contribution >= 0.6 is 0 Å². The number of rotatable bonds is 7. The minimum Gasteiger partial charge on any atom is -0.395 e. The fraction of sp³-hybridized carbons (Fsp3) is 0.571. The Morgan fingerprint density at radius 3 is 2.57 bits per heavy atom. The van der Waals surface area contributed by atoms with E-state index in [1.54, 1.807) is 0 Å². The highest BCUT2D eigenvalue weighted by Gasteiger charge is 2.32. The van der Waals surface area contributed by atoms with E-state index in [0.717, 1.165) is 17.7 Å². The van der Waals surface area contributed by atoms with E-state index in [-0.39, 0.29) is 24.3 Å². The molecule has 1 fully saturated rings. The molecule has 0 unspecified atom stereocenters. The summed E-state index contributed by atoms with van der Waals surface area (Å²) in [5.41, 5.74) is 0.386. The minimum absolute atomic E-state index is 0.175. The van der Waals surface area contributed by atoms with Crippen molar-refractivity contribution >= 4 is 5.69 Å². The summed E-state index contributed by atoms with van der Waals surface area (Å²) in [5.74, 6) is -0.536. The maximum Gasteiger partial charge on any atom is 0.405 e. The van der Waals surface area contributed by atoms with Crippen LogP contribution in [0.3, 0.4) is 0 Å². The van der Waals surface area contributed by atoms with Crippen LogP contribution in [-0.4, -0.2) is 37.0 Å². The molecule has 0 bridgehead atoms. The van der Waals surface area contributed by atoms with Gasteiger partial charge in [-0.3, -0.25) is 0 Å². The lowest BCUT2D eigenvalue weighted by molar-refractivity contribution is -0.119. The van der Waals surface area contributed by atoms with Gasteiger partial charge < -0.3 is 15.3 Å². The summed E-state index contributed by atoms with van der Waals surface area (Å²) in [7, 11) is 0.